The molecule has 1 N–H and O–H groups in total. The summed E-state index contributed by atoms with van der Waals surface area (Å²) in [5.74, 6) is 0.126. The number of nitrogens with one attached hydrogen (secondary N) is 1. The molecular formula is C18H22ClNOS. The Bertz CT molecular complexity index is 591. The van der Waals surface area contributed by atoms with Gasteiger partial charge in [0.2, 0.25) is 0 Å². The quantitative estimate of drug-likeness (QED) is 0.793. The molecule has 22 heavy (non-hydrogen) atoms. The minimum atomic E-state index is -0.0429. The lowest BCUT2D eigenvalue weighted by atomic mass is 10.1. The van der Waals surface area contributed by atoms with Crippen LogP contribution < -0.4 is 5.32 Å². The van der Waals surface area contributed by atoms with E-state index in [4.69, 9.17) is 0 Å². The molecule has 0 spiro atoms. The molecule has 0 radical (unpaired) electrons. The van der Waals surface area contributed by atoms with Crippen LogP contribution in [0.2, 0.25) is 0 Å². The highest BCUT2D eigenvalue weighted by Gasteiger charge is 2.12. The Hall–Kier alpha value is -1.29. The Labute approximate surface area is 143 Å². The zero-order valence-electron chi connectivity index (χ0n) is 13.1. The van der Waals surface area contributed by atoms with Crippen molar-refractivity contribution in [3.05, 3.63) is 60.2 Å². The first-order chi connectivity index (χ1) is 9.94. The van der Waals surface area contributed by atoms with E-state index in [1.54, 1.807) is 11.8 Å². The van der Waals surface area contributed by atoms with Crippen molar-refractivity contribution in [3.8, 4) is 0 Å². The summed E-state index contributed by atoms with van der Waals surface area (Å²) in [4.78, 5) is 14.4. The molecule has 2 aromatic carbocycles. The molecule has 2 aromatic rings. The fourth-order valence-corrected chi connectivity index (χ4v) is 2.62. The van der Waals surface area contributed by atoms with Gasteiger partial charge >= 0.3 is 0 Å². The number of carbonyl (C=O) groups excluding carboxylic acids is 1. The third-order valence-corrected chi connectivity index (χ3v) is 3.95. The van der Waals surface area contributed by atoms with Crippen molar-refractivity contribution in [3.63, 3.8) is 0 Å². The summed E-state index contributed by atoms with van der Waals surface area (Å²) >= 11 is 1.70. The SMILES string of the molecule is CC(C)(C)NCC(=O)c1ccc(Sc2ccccc2)cc1.Cl. The Kier molecular flexibility index (Phi) is 7.14. The van der Waals surface area contributed by atoms with Gasteiger partial charge in [0.05, 0.1) is 6.54 Å². The van der Waals surface area contributed by atoms with Crippen LogP contribution in [0.5, 0.6) is 0 Å². The molecule has 0 atom stereocenters. The second-order valence-electron chi connectivity index (χ2n) is 5.97. The van der Waals surface area contributed by atoms with Gasteiger partial charge < -0.3 is 5.32 Å². The first-order valence-corrected chi connectivity index (χ1v) is 7.87. The molecule has 0 aliphatic carbocycles. The predicted molar refractivity (Wildman–Crippen MR) is 96.3 cm³/mol. The standard InChI is InChI=1S/C18H21NOS.ClH/c1-18(2,3)19-13-17(20)14-9-11-16(12-10-14)21-15-7-5-4-6-8-15;/h4-12,19H,13H2,1-3H3;1H. The van der Waals surface area contributed by atoms with Gasteiger partial charge in [0.15, 0.2) is 5.78 Å². The molecule has 0 saturated heterocycles. The van der Waals surface area contributed by atoms with E-state index in [1.807, 2.05) is 42.5 Å². The Morgan fingerprint density at radius 2 is 1.50 bits per heavy atom. The highest BCUT2D eigenvalue weighted by molar-refractivity contribution is 7.99. The summed E-state index contributed by atoms with van der Waals surface area (Å²) in [6.07, 6.45) is 0. The number of ketones is 1. The van der Waals surface area contributed by atoms with Crippen LogP contribution >= 0.6 is 24.2 Å². The maximum atomic E-state index is 12.1. The molecule has 118 valence electrons. The number of Topliss-reactive ketones (excluding diaryl/α,β-unsaturated/α-hetero) is 1. The molecule has 0 aromatic heterocycles. The van der Waals surface area contributed by atoms with Crippen molar-refractivity contribution < 1.29 is 4.79 Å². The van der Waals surface area contributed by atoms with Gasteiger partial charge in [-0.2, -0.15) is 0 Å². The fourth-order valence-electron chi connectivity index (χ4n) is 1.78. The summed E-state index contributed by atoms with van der Waals surface area (Å²) in [6.45, 7) is 6.54. The number of hydrogen-bond acceptors (Lipinski definition) is 3. The molecule has 0 amide bonds. The Balaban J connectivity index is 0.00000242. The molecule has 4 heteroatoms. The maximum absolute atomic E-state index is 12.1. The minimum absolute atomic E-state index is 0. The van der Waals surface area contributed by atoms with Gasteiger partial charge in [-0.15, -0.1) is 12.4 Å². The van der Waals surface area contributed by atoms with Gasteiger partial charge in [-0.1, -0.05) is 42.1 Å². The largest absolute Gasteiger partial charge is 0.305 e. The molecule has 0 fully saturated rings. The van der Waals surface area contributed by atoms with Crippen molar-refractivity contribution in [1.29, 1.82) is 0 Å². The molecule has 0 bridgehead atoms. The lowest BCUT2D eigenvalue weighted by Gasteiger charge is -2.19. The first-order valence-electron chi connectivity index (χ1n) is 7.05. The number of carbonyl (C=O) groups is 1. The van der Waals surface area contributed by atoms with Gasteiger partial charge in [-0.3, -0.25) is 4.79 Å². The summed E-state index contributed by atoms with van der Waals surface area (Å²) in [5, 5.41) is 3.22. The van der Waals surface area contributed by atoms with Crippen LogP contribution in [0.15, 0.2) is 64.4 Å². The lowest BCUT2D eigenvalue weighted by molar-refractivity contribution is 0.0982. The number of rotatable bonds is 5. The molecule has 2 nitrogen and oxygen atoms in total. The van der Waals surface area contributed by atoms with Crippen molar-refractivity contribution >= 4 is 30.0 Å². The van der Waals surface area contributed by atoms with Gasteiger partial charge in [-0.25, -0.2) is 0 Å². The fraction of sp³-hybridized carbons (Fsp3) is 0.278. The van der Waals surface area contributed by atoms with Crippen LogP contribution in [-0.2, 0) is 0 Å². The van der Waals surface area contributed by atoms with Crippen molar-refractivity contribution in [1.82, 2.24) is 5.32 Å². The number of hydrogen-bond donors (Lipinski definition) is 1. The third-order valence-electron chi connectivity index (χ3n) is 2.93. The third kappa shape index (κ3) is 6.22. The average Bonchev–Trinajstić information content (AvgIpc) is 2.46. The molecule has 0 aliphatic heterocycles. The topological polar surface area (TPSA) is 29.1 Å². The summed E-state index contributed by atoms with van der Waals surface area (Å²) in [5.41, 5.74) is 0.711. The van der Waals surface area contributed by atoms with Crippen LogP contribution in [-0.4, -0.2) is 17.9 Å². The van der Waals surface area contributed by atoms with Crippen molar-refractivity contribution in [2.45, 2.75) is 36.1 Å². The molecule has 0 heterocycles. The summed E-state index contributed by atoms with van der Waals surface area (Å²) < 4.78 is 0. The molecular weight excluding hydrogens is 314 g/mol. The normalized spacial score (nSPS) is 10.9. The van der Waals surface area contributed by atoms with Crippen molar-refractivity contribution in [2.24, 2.45) is 0 Å². The predicted octanol–water partition coefficient (Wildman–Crippen LogP) is 4.83. The van der Waals surface area contributed by atoms with Crippen LogP contribution in [0.3, 0.4) is 0 Å². The molecule has 0 unspecified atom stereocenters. The smallest absolute Gasteiger partial charge is 0.176 e. The monoisotopic (exact) mass is 335 g/mol. The van der Waals surface area contributed by atoms with E-state index in [1.165, 1.54) is 4.90 Å². The van der Waals surface area contributed by atoms with Crippen LogP contribution in [0.1, 0.15) is 31.1 Å². The zero-order chi connectivity index (χ0) is 15.3. The highest BCUT2D eigenvalue weighted by atomic mass is 35.5. The second-order valence-corrected chi connectivity index (χ2v) is 7.11. The van der Waals surface area contributed by atoms with Gasteiger partial charge in [0.25, 0.3) is 0 Å². The Morgan fingerprint density at radius 3 is 2.05 bits per heavy atom. The van der Waals surface area contributed by atoms with Gasteiger partial charge in [-0.05, 0) is 45.0 Å². The summed E-state index contributed by atoms with van der Waals surface area (Å²) in [6, 6.07) is 18.0. The van der Waals surface area contributed by atoms with Crippen LogP contribution in [0.4, 0.5) is 0 Å². The average molecular weight is 336 g/mol. The van der Waals surface area contributed by atoms with E-state index >= 15 is 0 Å². The molecule has 2 rings (SSSR count). The second kappa shape index (κ2) is 8.37. The number of halogens is 1. The van der Waals surface area contributed by atoms with E-state index in [-0.39, 0.29) is 23.7 Å². The van der Waals surface area contributed by atoms with E-state index in [0.717, 1.165) is 10.5 Å². The van der Waals surface area contributed by atoms with E-state index in [9.17, 15) is 4.79 Å². The Morgan fingerprint density at radius 1 is 0.955 bits per heavy atom. The summed E-state index contributed by atoms with van der Waals surface area (Å²) in [7, 11) is 0. The van der Waals surface area contributed by atoms with Crippen LogP contribution in [0, 0.1) is 0 Å². The van der Waals surface area contributed by atoms with E-state index < -0.39 is 0 Å². The van der Waals surface area contributed by atoms with Crippen LogP contribution in [0.25, 0.3) is 0 Å². The van der Waals surface area contributed by atoms with Crippen molar-refractivity contribution in [2.75, 3.05) is 6.54 Å². The minimum Gasteiger partial charge on any atom is -0.305 e. The van der Waals surface area contributed by atoms with E-state index in [2.05, 4.69) is 38.2 Å². The lowest BCUT2D eigenvalue weighted by Crippen LogP contribution is -2.39. The van der Waals surface area contributed by atoms with Gasteiger partial charge in [0, 0.05) is 20.9 Å². The van der Waals surface area contributed by atoms with E-state index in [0.29, 0.717) is 6.54 Å². The van der Waals surface area contributed by atoms with Gasteiger partial charge in [0.1, 0.15) is 0 Å². The molecule has 0 saturated carbocycles. The highest BCUT2D eigenvalue weighted by Crippen LogP contribution is 2.27. The molecule has 0 aliphatic rings. The maximum Gasteiger partial charge on any atom is 0.176 e. The first kappa shape index (κ1) is 18.8. The zero-order valence-corrected chi connectivity index (χ0v) is 14.8. The number of benzene rings is 2.